The Morgan fingerprint density at radius 1 is 0.833 bits per heavy atom. The zero-order valence-corrected chi connectivity index (χ0v) is 8.27. The molecule has 0 N–H and O–H groups in total. The van der Waals surface area contributed by atoms with Gasteiger partial charge >= 0.3 is 0 Å². The molecule has 2 heteroatoms. The van der Waals surface area contributed by atoms with Crippen molar-refractivity contribution in [1.29, 1.82) is 0 Å². The Kier molecular flexibility index (Phi) is 319. The lowest BCUT2D eigenvalue weighted by Gasteiger charge is -1.07. The van der Waals surface area contributed by atoms with E-state index in [1.54, 1.807) is 0 Å². The molecule has 0 amide bonds. The topological polar surface area (TPSA) is 0 Å². The molecule has 1 atom stereocenters. The lowest BCUT2D eigenvalue weighted by molar-refractivity contribution is 1.50. The maximum Gasteiger partial charge on any atom is -0.0610 e. The molecule has 0 heterocycles. The largest absolute Gasteiger partial charge is 0.0702 e. The van der Waals surface area contributed by atoms with E-state index in [0.29, 0.717) is 0 Å². The fourth-order valence-electron chi connectivity index (χ4n) is 0. The molecule has 0 rings (SSSR count). The first kappa shape index (κ1) is 15.7. The summed E-state index contributed by atoms with van der Waals surface area (Å²) in [4.78, 5) is 0. The van der Waals surface area contributed by atoms with Crippen molar-refractivity contribution in [2.24, 2.45) is 0 Å². The van der Waals surface area contributed by atoms with Crippen LogP contribution in [0.25, 0.3) is 0 Å². The summed E-state index contributed by atoms with van der Waals surface area (Å²) in [7, 11) is 0. The van der Waals surface area contributed by atoms with E-state index < -0.39 is 0 Å². The molecule has 0 spiro atoms. The number of halogens is 1. The minimum Gasteiger partial charge on any atom is -0.0702 e. The van der Waals surface area contributed by atoms with Crippen LogP contribution in [0.3, 0.4) is 0 Å². The van der Waals surface area contributed by atoms with Crippen LogP contribution in [0.5, 0.6) is 0 Å². The van der Waals surface area contributed by atoms with Crippen LogP contribution in [0.2, 0.25) is 0 Å². The summed E-state index contributed by atoms with van der Waals surface area (Å²) < 4.78 is 0. The van der Waals surface area contributed by atoms with E-state index in [1.807, 2.05) is 27.7 Å². The molecule has 0 aromatic rings. The van der Waals surface area contributed by atoms with Crippen LogP contribution in [0.4, 0.5) is 0 Å². The maximum atomic E-state index is 2.39. The summed E-state index contributed by atoms with van der Waals surface area (Å²) in [5.74, 6) is 0. The van der Waals surface area contributed by atoms with Gasteiger partial charge < -0.3 is 0 Å². The van der Waals surface area contributed by atoms with Crippen molar-refractivity contribution in [3.8, 4) is 0 Å². The SMILES string of the molecule is CC.CC.PI. The van der Waals surface area contributed by atoms with Gasteiger partial charge in [-0.15, -0.1) is 0 Å². The van der Waals surface area contributed by atoms with Gasteiger partial charge in [-0.05, 0) is 0 Å². The molecule has 42 valence electrons. The quantitative estimate of drug-likeness (QED) is 0.434. The highest BCUT2D eigenvalue weighted by Crippen LogP contribution is 1.87. The van der Waals surface area contributed by atoms with Gasteiger partial charge in [-0.1, -0.05) is 56.6 Å². The van der Waals surface area contributed by atoms with Gasteiger partial charge in [0.05, 0.1) is 0 Å². The van der Waals surface area contributed by atoms with E-state index in [9.17, 15) is 0 Å². The van der Waals surface area contributed by atoms with Crippen molar-refractivity contribution in [2.75, 3.05) is 0 Å². The second kappa shape index (κ2) is 122. The smallest absolute Gasteiger partial charge is 0.0610 e. The third kappa shape index (κ3) is 66.4. The molecule has 0 aliphatic rings. The standard InChI is InChI=1S/2C2H6.H2IP/c3*1-2/h2*1-2H3;2H2. The highest BCUT2D eigenvalue weighted by Gasteiger charge is 0.937. The zero-order chi connectivity index (χ0) is 6.00. The van der Waals surface area contributed by atoms with Gasteiger partial charge in [0.2, 0.25) is 0 Å². The minimum absolute atomic E-state index is 2.00. The molecular weight excluding hydrogens is 206 g/mol. The summed E-state index contributed by atoms with van der Waals surface area (Å²) >= 11 is 2.07. The van der Waals surface area contributed by atoms with Crippen LogP contribution < -0.4 is 0 Å². The predicted molar refractivity (Wildman–Crippen MR) is 46.4 cm³/mol. The first-order valence-electron chi connectivity index (χ1n) is 2.22. The molecule has 6 heavy (non-hydrogen) atoms. The van der Waals surface area contributed by atoms with Crippen LogP contribution >= 0.6 is 28.9 Å². The summed E-state index contributed by atoms with van der Waals surface area (Å²) in [6.07, 6.45) is 0. The fourth-order valence-corrected chi connectivity index (χ4v) is 0. The van der Waals surface area contributed by atoms with Crippen molar-refractivity contribution in [2.45, 2.75) is 27.7 Å². The molecule has 0 saturated heterocycles. The second-order valence-corrected chi connectivity index (χ2v) is 0. The van der Waals surface area contributed by atoms with Gasteiger partial charge in [0.15, 0.2) is 0 Å². The zero-order valence-electron chi connectivity index (χ0n) is 4.96. The van der Waals surface area contributed by atoms with Crippen molar-refractivity contribution in [3.63, 3.8) is 0 Å². The van der Waals surface area contributed by atoms with E-state index in [0.717, 1.165) is 0 Å². The van der Waals surface area contributed by atoms with Crippen LogP contribution in [0.15, 0.2) is 0 Å². The van der Waals surface area contributed by atoms with Crippen molar-refractivity contribution < 1.29 is 0 Å². The molecule has 0 radical (unpaired) electrons. The molecule has 0 nitrogen and oxygen atoms in total. The number of hydrogen-bond donors (Lipinski definition) is 0. The van der Waals surface area contributed by atoms with Crippen molar-refractivity contribution >= 4 is 28.9 Å². The van der Waals surface area contributed by atoms with E-state index >= 15 is 0 Å². The van der Waals surface area contributed by atoms with Crippen molar-refractivity contribution in [1.82, 2.24) is 0 Å². The lowest BCUT2D eigenvalue weighted by atomic mass is 11.0. The monoisotopic (exact) mass is 220 g/mol. The third-order valence-corrected chi connectivity index (χ3v) is 0. The molecule has 0 aliphatic heterocycles. The summed E-state index contributed by atoms with van der Waals surface area (Å²) in [6.45, 7) is 10.4. The van der Waals surface area contributed by atoms with E-state index in [2.05, 4.69) is 28.9 Å². The van der Waals surface area contributed by atoms with Gasteiger partial charge in [-0.2, -0.15) is 0 Å². The average molecular weight is 220 g/mol. The Bertz CT molecular complexity index is 7.51. The highest BCUT2D eigenvalue weighted by molar-refractivity contribution is 14.2. The Labute approximate surface area is 56.8 Å². The molecule has 0 bridgehead atoms. The molecule has 0 aromatic heterocycles. The number of rotatable bonds is 0. The normalized spacial score (nSPS) is 3.00. The Morgan fingerprint density at radius 2 is 0.833 bits per heavy atom. The van der Waals surface area contributed by atoms with Gasteiger partial charge in [-0.3, -0.25) is 0 Å². The highest BCUT2D eigenvalue weighted by atomic mass is 127. The molecule has 0 aliphatic carbocycles. The second-order valence-electron chi connectivity index (χ2n) is 0. The lowest BCUT2D eigenvalue weighted by Crippen LogP contribution is -0.856. The summed E-state index contributed by atoms with van der Waals surface area (Å²) in [6, 6.07) is 0. The van der Waals surface area contributed by atoms with Crippen LogP contribution in [0, 0.1) is 0 Å². The third-order valence-electron chi connectivity index (χ3n) is 0. The molecule has 0 fully saturated rings. The van der Waals surface area contributed by atoms with Crippen LogP contribution in [-0.2, 0) is 0 Å². The Hall–Kier alpha value is 1.16. The average Bonchev–Trinajstić information content (AvgIpc) is 1.81. The van der Waals surface area contributed by atoms with Gasteiger partial charge in [-0.25, -0.2) is 0 Å². The Balaban J connectivity index is -0.0000000225. The van der Waals surface area contributed by atoms with Crippen LogP contribution in [0.1, 0.15) is 27.7 Å². The number of hydrogen-bond acceptors (Lipinski definition) is 0. The van der Waals surface area contributed by atoms with Crippen molar-refractivity contribution in [3.05, 3.63) is 0 Å². The van der Waals surface area contributed by atoms with Crippen LogP contribution in [-0.4, -0.2) is 0 Å². The fraction of sp³-hybridized carbons (Fsp3) is 1.00. The molecule has 1 unspecified atom stereocenters. The van der Waals surface area contributed by atoms with E-state index in [-0.39, 0.29) is 0 Å². The first-order valence-corrected chi connectivity index (χ1v) is 6.39. The summed E-state index contributed by atoms with van der Waals surface area (Å²) in [5, 5.41) is 0. The predicted octanol–water partition coefficient (Wildman–Crippen LogP) is 3.26. The minimum atomic E-state index is 2.00. The van der Waals surface area contributed by atoms with E-state index in [1.165, 1.54) is 0 Å². The van der Waals surface area contributed by atoms with Gasteiger partial charge in [0, 0.05) is 0 Å². The Morgan fingerprint density at radius 3 is 0.833 bits per heavy atom. The first-order chi connectivity index (χ1) is 3.00. The molecule has 0 aromatic carbocycles. The summed E-state index contributed by atoms with van der Waals surface area (Å²) in [5.41, 5.74) is 0. The molecule has 0 saturated carbocycles. The maximum absolute atomic E-state index is 2.39. The van der Waals surface area contributed by atoms with E-state index in [4.69, 9.17) is 0 Å². The molecular formula is C4H14IP. The van der Waals surface area contributed by atoms with Gasteiger partial charge in [0.1, 0.15) is 0 Å². The van der Waals surface area contributed by atoms with Gasteiger partial charge in [0.25, 0.3) is 0 Å².